The summed E-state index contributed by atoms with van der Waals surface area (Å²) in [5.41, 5.74) is 1.42. The van der Waals surface area contributed by atoms with Gasteiger partial charge in [0, 0.05) is 10.7 Å². The van der Waals surface area contributed by atoms with E-state index in [1.54, 1.807) is 12.1 Å². The lowest BCUT2D eigenvalue weighted by Crippen LogP contribution is -2.30. The highest BCUT2D eigenvalue weighted by atomic mass is 35.5. The second kappa shape index (κ2) is 7.93. The zero-order valence-electron chi connectivity index (χ0n) is 13.3. The molecule has 1 atom stereocenters. The van der Waals surface area contributed by atoms with Crippen LogP contribution in [0.3, 0.4) is 0 Å². The minimum absolute atomic E-state index is 0.205. The van der Waals surface area contributed by atoms with Crippen LogP contribution in [-0.4, -0.2) is 18.0 Å². The van der Waals surface area contributed by atoms with Crippen molar-refractivity contribution < 1.29 is 18.7 Å². The second-order valence-corrected chi connectivity index (χ2v) is 5.65. The largest absolute Gasteiger partial charge is 0.449 e. The van der Waals surface area contributed by atoms with E-state index >= 15 is 0 Å². The summed E-state index contributed by atoms with van der Waals surface area (Å²) in [5, 5.41) is 2.84. The monoisotopic (exact) mass is 349 g/mol. The Morgan fingerprint density at radius 3 is 2.50 bits per heavy atom. The van der Waals surface area contributed by atoms with Gasteiger partial charge in [0.1, 0.15) is 5.82 Å². The molecule has 0 aliphatic heterocycles. The smallest absolute Gasteiger partial charge is 0.341 e. The Kier molecular flexibility index (Phi) is 5.93. The Bertz CT molecular complexity index is 746. The number of hydrogen-bond donors (Lipinski definition) is 1. The van der Waals surface area contributed by atoms with Gasteiger partial charge in [-0.25, -0.2) is 9.18 Å². The van der Waals surface area contributed by atoms with Crippen molar-refractivity contribution in [2.75, 3.05) is 5.32 Å². The third-order valence-electron chi connectivity index (χ3n) is 3.43. The van der Waals surface area contributed by atoms with E-state index < -0.39 is 23.8 Å². The predicted molar refractivity (Wildman–Crippen MR) is 90.7 cm³/mol. The minimum Gasteiger partial charge on any atom is -0.449 e. The Labute approximate surface area is 144 Å². The van der Waals surface area contributed by atoms with Crippen LogP contribution in [0.25, 0.3) is 0 Å². The molecule has 6 heteroatoms. The number of anilines is 1. The lowest BCUT2D eigenvalue weighted by molar-refractivity contribution is -0.123. The van der Waals surface area contributed by atoms with E-state index in [0.717, 1.165) is 24.1 Å². The lowest BCUT2D eigenvalue weighted by Gasteiger charge is -2.14. The van der Waals surface area contributed by atoms with Crippen LogP contribution in [0.1, 0.15) is 29.8 Å². The maximum atomic E-state index is 13.6. The molecule has 0 radical (unpaired) electrons. The van der Waals surface area contributed by atoms with Crippen LogP contribution in [0.4, 0.5) is 10.1 Å². The molecule has 0 aliphatic rings. The molecule has 0 saturated carbocycles. The summed E-state index contributed by atoms with van der Waals surface area (Å²) >= 11 is 5.74. The number of amides is 1. The van der Waals surface area contributed by atoms with Crippen LogP contribution in [0, 0.1) is 5.82 Å². The molecule has 1 amide bonds. The van der Waals surface area contributed by atoms with Crippen LogP contribution in [0.15, 0.2) is 42.5 Å². The summed E-state index contributed by atoms with van der Waals surface area (Å²) in [7, 11) is 0. The highest BCUT2D eigenvalue weighted by Gasteiger charge is 2.21. The molecule has 0 spiro atoms. The van der Waals surface area contributed by atoms with Crippen LogP contribution in [0.2, 0.25) is 5.02 Å². The number of nitrogens with one attached hydrogen (secondary N) is 1. The molecule has 126 valence electrons. The first-order chi connectivity index (χ1) is 11.4. The average molecular weight is 350 g/mol. The van der Waals surface area contributed by atoms with Gasteiger partial charge in [0.25, 0.3) is 5.91 Å². The number of benzene rings is 2. The molecule has 0 saturated heterocycles. The molecule has 0 aromatic heterocycles. The molecule has 4 nitrogen and oxygen atoms in total. The van der Waals surface area contributed by atoms with Crippen LogP contribution in [-0.2, 0) is 16.0 Å². The van der Waals surface area contributed by atoms with Crippen molar-refractivity contribution in [3.8, 4) is 0 Å². The second-order valence-electron chi connectivity index (χ2n) is 5.21. The van der Waals surface area contributed by atoms with Crippen LogP contribution < -0.4 is 5.32 Å². The van der Waals surface area contributed by atoms with Gasteiger partial charge in [-0.2, -0.15) is 0 Å². The fraction of sp³-hybridized carbons (Fsp3) is 0.222. The molecule has 2 rings (SSSR count). The van der Waals surface area contributed by atoms with Crippen molar-refractivity contribution in [3.05, 3.63) is 64.4 Å². The molecule has 0 aliphatic carbocycles. The zero-order valence-corrected chi connectivity index (χ0v) is 14.1. The number of aryl methyl sites for hydroxylation is 1. The Morgan fingerprint density at radius 1 is 1.21 bits per heavy atom. The van der Waals surface area contributed by atoms with Gasteiger partial charge in [-0.3, -0.25) is 4.79 Å². The van der Waals surface area contributed by atoms with Crippen molar-refractivity contribution in [1.29, 1.82) is 0 Å². The van der Waals surface area contributed by atoms with Gasteiger partial charge in [-0.05, 0) is 49.2 Å². The first kappa shape index (κ1) is 17.9. The zero-order chi connectivity index (χ0) is 17.7. The van der Waals surface area contributed by atoms with E-state index in [1.807, 2.05) is 19.1 Å². The number of carbonyl (C=O) groups is 2. The number of esters is 1. The summed E-state index contributed by atoms with van der Waals surface area (Å²) in [5.74, 6) is -2.21. The van der Waals surface area contributed by atoms with Crippen molar-refractivity contribution >= 4 is 29.2 Å². The average Bonchev–Trinajstić information content (AvgIpc) is 2.57. The van der Waals surface area contributed by atoms with Crippen molar-refractivity contribution in [2.24, 2.45) is 0 Å². The summed E-state index contributed by atoms with van der Waals surface area (Å²) in [6.45, 7) is 3.44. The quantitative estimate of drug-likeness (QED) is 0.822. The molecular weight excluding hydrogens is 333 g/mol. The van der Waals surface area contributed by atoms with Gasteiger partial charge in [0.15, 0.2) is 6.10 Å². The fourth-order valence-corrected chi connectivity index (χ4v) is 2.17. The summed E-state index contributed by atoms with van der Waals surface area (Å²) in [6, 6.07) is 10.9. The number of rotatable bonds is 5. The van der Waals surface area contributed by atoms with Crippen LogP contribution in [0.5, 0.6) is 0 Å². The van der Waals surface area contributed by atoms with Gasteiger partial charge < -0.3 is 10.1 Å². The minimum atomic E-state index is -1.08. The van der Waals surface area contributed by atoms with Gasteiger partial charge in [0.2, 0.25) is 0 Å². The number of carbonyl (C=O) groups excluding carboxylic acids is 2. The van der Waals surface area contributed by atoms with Gasteiger partial charge >= 0.3 is 5.97 Å². The molecule has 2 aromatic carbocycles. The maximum Gasteiger partial charge on any atom is 0.341 e. The molecule has 0 fully saturated rings. The molecule has 0 heterocycles. The van der Waals surface area contributed by atoms with Crippen molar-refractivity contribution in [1.82, 2.24) is 0 Å². The summed E-state index contributed by atoms with van der Waals surface area (Å²) in [4.78, 5) is 24.0. The summed E-state index contributed by atoms with van der Waals surface area (Å²) in [6.07, 6.45) is -0.185. The van der Waals surface area contributed by atoms with Crippen LogP contribution >= 0.6 is 11.6 Å². The molecular formula is C18H17ClFNO3. The van der Waals surface area contributed by atoms with E-state index in [-0.39, 0.29) is 10.6 Å². The SMILES string of the molecule is CCc1ccc(NC(=O)[C@H](C)OC(=O)c2cc(Cl)ccc2F)cc1. The van der Waals surface area contributed by atoms with E-state index in [9.17, 15) is 14.0 Å². The molecule has 24 heavy (non-hydrogen) atoms. The molecule has 1 N–H and O–H groups in total. The third-order valence-corrected chi connectivity index (χ3v) is 3.67. The standard InChI is InChI=1S/C18H17ClFNO3/c1-3-12-4-7-14(8-5-12)21-17(22)11(2)24-18(23)15-10-13(19)6-9-16(15)20/h4-11H,3H2,1-2H3,(H,21,22)/t11-/m0/s1. The molecule has 0 unspecified atom stereocenters. The fourth-order valence-electron chi connectivity index (χ4n) is 2.00. The van der Waals surface area contributed by atoms with Crippen molar-refractivity contribution in [2.45, 2.75) is 26.4 Å². The van der Waals surface area contributed by atoms with E-state index in [1.165, 1.54) is 13.0 Å². The Morgan fingerprint density at radius 2 is 1.88 bits per heavy atom. The highest BCUT2D eigenvalue weighted by Crippen LogP contribution is 2.17. The topological polar surface area (TPSA) is 55.4 Å². The van der Waals surface area contributed by atoms with Gasteiger partial charge in [-0.1, -0.05) is 30.7 Å². The summed E-state index contributed by atoms with van der Waals surface area (Å²) < 4.78 is 18.6. The van der Waals surface area contributed by atoms with Crippen molar-refractivity contribution in [3.63, 3.8) is 0 Å². The van der Waals surface area contributed by atoms with E-state index in [4.69, 9.17) is 16.3 Å². The predicted octanol–water partition coefficient (Wildman–Crippen LogP) is 4.23. The highest BCUT2D eigenvalue weighted by molar-refractivity contribution is 6.30. The molecule has 2 aromatic rings. The number of ether oxygens (including phenoxy) is 1. The number of halogens is 2. The van der Waals surface area contributed by atoms with E-state index in [2.05, 4.69) is 5.32 Å². The Balaban J connectivity index is 2.00. The normalized spacial score (nSPS) is 11.7. The Hall–Kier alpha value is -2.40. The maximum absolute atomic E-state index is 13.6. The van der Waals surface area contributed by atoms with Gasteiger partial charge in [0.05, 0.1) is 5.56 Å². The number of hydrogen-bond acceptors (Lipinski definition) is 3. The first-order valence-electron chi connectivity index (χ1n) is 7.46. The third kappa shape index (κ3) is 4.55. The molecule has 0 bridgehead atoms. The van der Waals surface area contributed by atoms with Gasteiger partial charge in [-0.15, -0.1) is 0 Å². The first-order valence-corrected chi connectivity index (χ1v) is 7.84. The van der Waals surface area contributed by atoms with E-state index in [0.29, 0.717) is 5.69 Å². The lowest BCUT2D eigenvalue weighted by atomic mass is 10.1.